The molecule has 0 radical (unpaired) electrons. The average molecular weight is 313 g/mol. The molecule has 3 aromatic rings. The van der Waals surface area contributed by atoms with Crippen LogP contribution in [0.2, 0.25) is 5.02 Å². The summed E-state index contributed by atoms with van der Waals surface area (Å²) < 4.78 is 1.82. The summed E-state index contributed by atoms with van der Waals surface area (Å²) >= 11 is 6.14. The Bertz CT molecular complexity index is 823. The maximum absolute atomic E-state index is 6.14. The average Bonchev–Trinajstić information content (AvgIpc) is 2.93. The van der Waals surface area contributed by atoms with E-state index in [1.807, 2.05) is 41.9 Å². The third-order valence-corrected chi connectivity index (χ3v) is 3.86. The zero-order valence-electron chi connectivity index (χ0n) is 12.5. The Kier molecular flexibility index (Phi) is 3.96. The van der Waals surface area contributed by atoms with Crippen LogP contribution in [0.25, 0.3) is 16.9 Å². The Morgan fingerprint density at radius 2 is 1.95 bits per heavy atom. The summed E-state index contributed by atoms with van der Waals surface area (Å²) in [5, 5.41) is 9.19. The van der Waals surface area contributed by atoms with Crippen molar-refractivity contribution in [3.8, 4) is 16.9 Å². The summed E-state index contributed by atoms with van der Waals surface area (Å²) in [7, 11) is 0. The molecule has 112 valence electrons. The zero-order chi connectivity index (χ0) is 15.7. The lowest BCUT2D eigenvalue weighted by molar-refractivity contribution is 0.796. The Hall–Kier alpha value is -2.17. The van der Waals surface area contributed by atoms with Gasteiger partial charge in [-0.3, -0.25) is 0 Å². The monoisotopic (exact) mass is 312 g/mol. The van der Waals surface area contributed by atoms with E-state index in [1.165, 1.54) is 5.56 Å². The Labute approximate surface area is 134 Å². The lowest BCUT2D eigenvalue weighted by Crippen LogP contribution is -2.04. The number of aryl methyl sites for hydroxylation is 2. The molecule has 0 unspecified atom stereocenters. The lowest BCUT2D eigenvalue weighted by atomic mass is 10.1. The molecule has 0 fully saturated rings. The molecule has 1 heterocycles. The molecular weight excluding hydrogens is 296 g/mol. The highest BCUT2D eigenvalue weighted by Gasteiger charge is 2.16. The van der Waals surface area contributed by atoms with Crippen LogP contribution in [0.5, 0.6) is 0 Å². The number of nitrogens with zero attached hydrogens (tertiary/aromatic N) is 3. The summed E-state index contributed by atoms with van der Waals surface area (Å²) in [6.07, 6.45) is 0. The molecule has 0 saturated heterocycles. The molecule has 22 heavy (non-hydrogen) atoms. The van der Waals surface area contributed by atoms with E-state index in [0.717, 1.165) is 28.2 Å². The van der Waals surface area contributed by atoms with Gasteiger partial charge in [0, 0.05) is 17.1 Å². The minimum Gasteiger partial charge on any atom is -0.325 e. The number of nitrogens with two attached hydrogens (primary N) is 1. The molecule has 2 aromatic carbocycles. The first-order valence-corrected chi connectivity index (χ1v) is 7.46. The minimum atomic E-state index is 0.336. The molecule has 2 N–H and O–H groups in total. The van der Waals surface area contributed by atoms with Gasteiger partial charge in [0.05, 0.1) is 11.4 Å². The number of halogens is 1. The van der Waals surface area contributed by atoms with Crippen LogP contribution in [-0.2, 0) is 6.54 Å². The molecule has 5 heteroatoms. The third kappa shape index (κ3) is 2.63. The Morgan fingerprint density at radius 3 is 2.68 bits per heavy atom. The second kappa shape index (κ2) is 5.91. The van der Waals surface area contributed by atoms with Gasteiger partial charge in [-0.25, -0.2) is 4.68 Å². The molecule has 0 aliphatic heterocycles. The topological polar surface area (TPSA) is 56.7 Å². The lowest BCUT2D eigenvalue weighted by Gasteiger charge is -2.11. The number of benzene rings is 2. The minimum absolute atomic E-state index is 0.336. The molecule has 0 aliphatic rings. The van der Waals surface area contributed by atoms with Gasteiger partial charge >= 0.3 is 0 Å². The molecule has 0 atom stereocenters. The Balaban J connectivity index is 2.26. The second-order valence-electron chi connectivity index (χ2n) is 5.30. The predicted octanol–water partition coefficient (Wildman–Crippen LogP) is 3.66. The number of hydrogen-bond donors (Lipinski definition) is 1. The predicted molar refractivity (Wildman–Crippen MR) is 89.2 cm³/mol. The maximum Gasteiger partial charge on any atom is 0.105 e. The van der Waals surface area contributed by atoms with Gasteiger partial charge in [-0.05, 0) is 37.6 Å². The number of aromatic nitrogens is 3. The summed E-state index contributed by atoms with van der Waals surface area (Å²) in [5.74, 6) is 0. The van der Waals surface area contributed by atoms with Crippen LogP contribution in [0.15, 0.2) is 42.5 Å². The van der Waals surface area contributed by atoms with Crippen LogP contribution in [0, 0.1) is 13.8 Å². The summed E-state index contributed by atoms with van der Waals surface area (Å²) in [6.45, 7) is 4.42. The molecule has 1 aromatic heterocycles. The molecule has 0 saturated carbocycles. The molecule has 0 amide bonds. The summed E-state index contributed by atoms with van der Waals surface area (Å²) in [5.41, 5.74) is 11.7. The molecule has 0 bridgehead atoms. The molecule has 3 rings (SSSR count). The molecule has 0 aliphatic carbocycles. The van der Waals surface area contributed by atoms with Crippen molar-refractivity contribution in [1.82, 2.24) is 15.0 Å². The van der Waals surface area contributed by atoms with Gasteiger partial charge in [-0.2, -0.15) is 0 Å². The SMILES string of the molecule is Cc1cccc(-c2c(CN)nnn2-c2cc(Cl)ccc2C)c1. The van der Waals surface area contributed by atoms with E-state index < -0.39 is 0 Å². The zero-order valence-corrected chi connectivity index (χ0v) is 13.3. The van der Waals surface area contributed by atoms with Crippen molar-refractivity contribution in [2.75, 3.05) is 0 Å². The fourth-order valence-electron chi connectivity index (χ4n) is 2.51. The van der Waals surface area contributed by atoms with Gasteiger partial charge in [-0.15, -0.1) is 5.10 Å². The summed E-state index contributed by atoms with van der Waals surface area (Å²) in [4.78, 5) is 0. The maximum atomic E-state index is 6.14. The highest BCUT2D eigenvalue weighted by Crippen LogP contribution is 2.28. The van der Waals surface area contributed by atoms with Crippen molar-refractivity contribution < 1.29 is 0 Å². The Morgan fingerprint density at radius 1 is 1.14 bits per heavy atom. The van der Waals surface area contributed by atoms with E-state index in [0.29, 0.717) is 11.6 Å². The van der Waals surface area contributed by atoms with Gasteiger partial charge < -0.3 is 5.73 Å². The smallest absolute Gasteiger partial charge is 0.105 e. The van der Waals surface area contributed by atoms with Crippen LogP contribution in [-0.4, -0.2) is 15.0 Å². The molecule has 4 nitrogen and oxygen atoms in total. The fraction of sp³-hybridized carbons (Fsp3) is 0.176. The van der Waals surface area contributed by atoms with Crippen LogP contribution < -0.4 is 5.73 Å². The summed E-state index contributed by atoms with van der Waals surface area (Å²) in [6, 6.07) is 14.0. The largest absolute Gasteiger partial charge is 0.325 e. The highest BCUT2D eigenvalue weighted by molar-refractivity contribution is 6.30. The molecular formula is C17H17ClN4. The number of rotatable bonds is 3. The van der Waals surface area contributed by atoms with Crippen LogP contribution >= 0.6 is 11.6 Å². The van der Waals surface area contributed by atoms with Crippen molar-refractivity contribution in [3.63, 3.8) is 0 Å². The van der Waals surface area contributed by atoms with Gasteiger partial charge in [0.15, 0.2) is 0 Å². The van der Waals surface area contributed by atoms with Crippen LogP contribution in [0.1, 0.15) is 16.8 Å². The third-order valence-electron chi connectivity index (χ3n) is 3.62. The highest BCUT2D eigenvalue weighted by atomic mass is 35.5. The van der Waals surface area contributed by atoms with Gasteiger partial charge in [0.1, 0.15) is 5.69 Å². The van der Waals surface area contributed by atoms with Crippen LogP contribution in [0.3, 0.4) is 0 Å². The quantitative estimate of drug-likeness (QED) is 0.803. The first-order valence-electron chi connectivity index (χ1n) is 7.08. The first kappa shape index (κ1) is 14.8. The second-order valence-corrected chi connectivity index (χ2v) is 5.74. The van der Waals surface area contributed by atoms with E-state index in [9.17, 15) is 0 Å². The van der Waals surface area contributed by atoms with Crippen molar-refractivity contribution in [2.45, 2.75) is 20.4 Å². The van der Waals surface area contributed by atoms with E-state index in [-0.39, 0.29) is 0 Å². The molecule has 0 spiro atoms. The standard InChI is InChI=1S/C17H17ClN4/c1-11-4-3-5-13(8-11)17-15(10-19)20-21-22(17)16-9-14(18)7-6-12(16)2/h3-9H,10,19H2,1-2H3. The van der Waals surface area contributed by atoms with Gasteiger partial charge in [0.25, 0.3) is 0 Å². The van der Waals surface area contributed by atoms with E-state index in [1.54, 1.807) is 0 Å². The van der Waals surface area contributed by atoms with Gasteiger partial charge in [-0.1, -0.05) is 46.6 Å². The van der Waals surface area contributed by atoms with Crippen LogP contribution in [0.4, 0.5) is 0 Å². The van der Waals surface area contributed by atoms with Crippen molar-refractivity contribution in [1.29, 1.82) is 0 Å². The normalized spacial score (nSPS) is 10.9. The van der Waals surface area contributed by atoms with Crippen molar-refractivity contribution in [2.24, 2.45) is 5.73 Å². The van der Waals surface area contributed by atoms with Gasteiger partial charge in [0.2, 0.25) is 0 Å². The van der Waals surface area contributed by atoms with E-state index in [4.69, 9.17) is 17.3 Å². The van der Waals surface area contributed by atoms with E-state index in [2.05, 4.69) is 29.4 Å². The van der Waals surface area contributed by atoms with E-state index >= 15 is 0 Å². The first-order chi connectivity index (χ1) is 10.6. The van der Waals surface area contributed by atoms with Crippen molar-refractivity contribution >= 4 is 11.6 Å². The number of hydrogen-bond acceptors (Lipinski definition) is 3. The fourth-order valence-corrected chi connectivity index (χ4v) is 2.68. The van der Waals surface area contributed by atoms with Crippen molar-refractivity contribution in [3.05, 3.63) is 64.3 Å².